The summed E-state index contributed by atoms with van der Waals surface area (Å²) in [5.41, 5.74) is -0.556. The van der Waals surface area contributed by atoms with E-state index in [0.717, 1.165) is 24.8 Å². The fraction of sp³-hybridized carbons (Fsp3) is 0.516. The van der Waals surface area contributed by atoms with E-state index in [0.29, 0.717) is 49.5 Å². The van der Waals surface area contributed by atoms with Crippen molar-refractivity contribution in [1.82, 2.24) is 14.9 Å². The number of fused-ring (bicyclic) bond motifs is 1. The molecule has 9 heteroatoms. The van der Waals surface area contributed by atoms with Crippen LogP contribution in [0.2, 0.25) is 0 Å². The molecule has 2 aromatic heterocycles. The second kappa shape index (κ2) is 9.11. The summed E-state index contributed by atoms with van der Waals surface area (Å²) in [6.07, 6.45) is 7.62. The summed E-state index contributed by atoms with van der Waals surface area (Å²) in [4.78, 5) is 34.2. The second-order valence-corrected chi connectivity index (χ2v) is 12.8. The van der Waals surface area contributed by atoms with E-state index in [-0.39, 0.29) is 34.4 Å². The van der Waals surface area contributed by atoms with Gasteiger partial charge in [0.15, 0.2) is 5.65 Å². The highest BCUT2D eigenvalue weighted by Gasteiger charge is 2.56. The molecule has 8 nitrogen and oxygen atoms in total. The van der Waals surface area contributed by atoms with E-state index in [9.17, 15) is 19.8 Å². The molecule has 5 aliphatic rings. The smallest absolute Gasteiger partial charge is 0.257 e. The maximum atomic E-state index is 15.3. The van der Waals surface area contributed by atoms with E-state index in [2.05, 4.69) is 5.32 Å². The summed E-state index contributed by atoms with van der Waals surface area (Å²) in [6.45, 7) is 2.46. The maximum Gasteiger partial charge on any atom is 0.257 e. The number of aliphatic hydroxyl groups excluding tert-OH is 1. The molecule has 0 spiro atoms. The van der Waals surface area contributed by atoms with Crippen molar-refractivity contribution in [3.63, 3.8) is 0 Å². The number of hydrogen-bond acceptors (Lipinski definition) is 6. The Balaban J connectivity index is 1.30. The monoisotopic (exact) mass is 546 g/mol. The highest BCUT2D eigenvalue weighted by molar-refractivity contribution is 5.98. The molecule has 4 saturated carbocycles. The number of rotatable bonds is 5. The molecule has 5 fully saturated rings. The van der Waals surface area contributed by atoms with E-state index < -0.39 is 22.8 Å². The minimum absolute atomic E-state index is 0.00919. The number of pyridine rings is 2. The number of aliphatic hydroxyl groups is 2. The van der Waals surface area contributed by atoms with Gasteiger partial charge in [-0.3, -0.25) is 14.2 Å². The van der Waals surface area contributed by atoms with Gasteiger partial charge in [-0.15, -0.1) is 0 Å². The lowest BCUT2D eigenvalue weighted by Gasteiger charge is -2.39. The number of hydrogen-bond donors (Lipinski definition) is 3. The molecule has 1 saturated heterocycles. The van der Waals surface area contributed by atoms with E-state index in [1.165, 1.54) is 29.7 Å². The molecule has 2 atom stereocenters. The Morgan fingerprint density at radius 2 is 1.85 bits per heavy atom. The highest BCUT2D eigenvalue weighted by Crippen LogP contribution is 2.59. The van der Waals surface area contributed by atoms with Gasteiger partial charge in [0.25, 0.3) is 5.91 Å². The Morgan fingerprint density at radius 1 is 1.12 bits per heavy atom. The van der Waals surface area contributed by atoms with Crippen LogP contribution in [0.4, 0.5) is 10.2 Å². The largest absolute Gasteiger partial charge is 0.393 e. The van der Waals surface area contributed by atoms with Crippen LogP contribution in [0, 0.1) is 30.5 Å². The first kappa shape index (κ1) is 25.7. The first-order valence-corrected chi connectivity index (χ1v) is 14.4. The first-order valence-electron chi connectivity index (χ1n) is 14.4. The van der Waals surface area contributed by atoms with Crippen LogP contribution in [0.3, 0.4) is 0 Å². The number of benzene rings is 1. The molecular formula is C31H35FN4O4. The Hall–Kier alpha value is -3.30. The lowest BCUT2D eigenvalue weighted by molar-refractivity contribution is -0.0326. The number of amides is 1. The van der Waals surface area contributed by atoms with E-state index >= 15 is 4.39 Å². The number of carbonyl (C=O) groups is 1. The predicted molar refractivity (Wildman–Crippen MR) is 149 cm³/mol. The van der Waals surface area contributed by atoms with Gasteiger partial charge in [0.2, 0.25) is 5.43 Å². The average Bonchev–Trinajstić information content (AvgIpc) is 3.35. The van der Waals surface area contributed by atoms with Crippen molar-refractivity contribution in [1.29, 1.82) is 0 Å². The lowest BCUT2D eigenvalue weighted by atomic mass is 9.75. The van der Waals surface area contributed by atoms with Crippen LogP contribution >= 0.6 is 0 Å². The van der Waals surface area contributed by atoms with Crippen LogP contribution in [0.15, 0.2) is 41.3 Å². The molecule has 3 N–H and O–H groups in total. The third kappa shape index (κ3) is 4.13. The summed E-state index contributed by atoms with van der Waals surface area (Å²) >= 11 is 0. The van der Waals surface area contributed by atoms with Gasteiger partial charge in [0, 0.05) is 24.8 Å². The van der Waals surface area contributed by atoms with Crippen molar-refractivity contribution in [3.05, 3.63) is 63.7 Å². The molecule has 8 rings (SSSR count). The predicted octanol–water partition coefficient (Wildman–Crippen LogP) is 3.47. The zero-order valence-electron chi connectivity index (χ0n) is 22.7. The van der Waals surface area contributed by atoms with Gasteiger partial charge in [0.05, 0.1) is 23.3 Å². The van der Waals surface area contributed by atoms with Gasteiger partial charge in [-0.05, 0) is 99.5 Å². The third-order valence-electron chi connectivity index (χ3n) is 10.1. The van der Waals surface area contributed by atoms with Crippen LogP contribution in [0.5, 0.6) is 0 Å². The normalized spacial score (nSPS) is 28.4. The van der Waals surface area contributed by atoms with Crippen LogP contribution in [0.1, 0.15) is 60.9 Å². The van der Waals surface area contributed by atoms with Crippen LogP contribution in [0.25, 0.3) is 16.7 Å². The number of anilines is 1. The van der Waals surface area contributed by atoms with Gasteiger partial charge in [-0.1, -0.05) is 6.07 Å². The van der Waals surface area contributed by atoms with Crippen molar-refractivity contribution in [3.8, 4) is 5.69 Å². The molecule has 4 bridgehead atoms. The molecule has 0 radical (unpaired) electrons. The van der Waals surface area contributed by atoms with Crippen molar-refractivity contribution in [2.75, 3.05) is 24.6 Å². The minimum atomic E-state index is -1.11. The van der Waals surface area contributed by atoms with E-state index in [1.807, 2.05) is 4.90 Å². The molecule has 40 heavy (non-hydrogen) atoms. The molecular weight excluding hydrogens is 511 g/mol. The number of piperidine rings is 1. The number of halogens is 1. The summed E-state index contributed by atoms with van der Waals surface area (Å²) < 4.78 is 16.8. The number of aryl methyl sites for hydroxylation is 1. The molecule has 3 heterocycles. The summed E-state index contributed by atoms with van der Waals surface area (Å²) in [6, 6.07) is 8.25. The van der Waals surface area contributed by atoms with Crippen molar-refractivity contribution < 1.29 is 19.4 Å². The number of nitrogens with one attached hydrogen (secondary N) is 1. The number of aromatic nitrogens is 2. The Labute approximate surface area is 231 Å². The molecule has 4 aliphatic carbocycles. The molecule has 3 aromatic rings. The average molecular weight is 547 g/mol. The zero-order valence-corrected chi connectivity index (χ0v) is 22.7. The van der Waals surface area contributed by atoms with E-state index in [4.69, 9.17) is 4.98 Å². The number of nitrogens with zero attached hydrogens (tertiary/aromatic N) is 3. The Morgan fingerprint density at radius 3 is 2.50 bits per heavy atom. The fourth-order valence-corrected chi connectivity index (χ4v) is 8.10. The maximum absolute atomic E-state index is 15.3. The molecule has 1 aromatic carbocycles. The summed E-state index contributed by atoms with van der Waals surface area (Å²) in [5, 5.41) is 23.5. The standard InChI is InChI=1S/C31H35FN4O4/c1-18-2-4-25(24(32)10-18)36-16-23(29(39)34-30-13-19-11-20(14-30)21(12-19)15-30)27(38)22-3-5-26(33-28(22)36)35-8-6-31(40,17-37)7-9-35/h2-5,10,16,19-21,37,40H,6-9,11-15,17H2,1H3,(H,34,39). The molecule has 1 amide bonds. The van der Waals surface area contributed by atoms with Crippen molar-refractivity contribution >= 4 is 22.8 Å². The van der Waals surface area contributed by atoms with Gasteiger partial charge >= 0.3 is 0 Å². The van der Waals surface area contributed by atoms with Crippen LogP contribution < -0.4 is 15.6 Å². The Bertz CT molecular complexity index is 1560. The SMILES string of the molecule is Cc1ccc(-n2cc(C(=O)NC34CC5CC(C3)C(C5)C4)c(=O)c3ccc(N4CCC(O)(CO)CC4)nc32)c(F)c1. The van der Waals surface area contributed by atoms with Gasteiger partial charge in [0.1, 0.15) is 17.2 Å². The highest BCUT2D eigenvalue weighted by atomic mass is 19.1. The zero-order chi connectivity index (χ0) is 27.8. The van der Waals surface area contributed by atoms with Gasteiger partial charge < -0.3 is 20.4 Å². The van der Waals surface area contributed by atoms with Crippen molar-refractivity contribution in [2.45, 2.75) is 63.0 Å². The van der Waals surface area contributed by atoms with Gasteiger partial charge in [-0.2, -0.15) is 0 Å². The summed E-state index contributed by atoms with van der Waals surface area (Å²) in [7, 11) is 0. The molecule has 1 aliphatic heterocycles. The third-order valence-corrected chi connectivity index (χ3v) is 10.1. The lowest BCUT2D eigenvalue weighted by Crippen LogP contribution is -2.51. The molecule has 210 valence electrons. The minimum Gasteiger partial charge on any atom is -0.393 e. The van der Waals surface area contributed by atoms with Crippen molar-refractivity contribution in [2.24, 2.45) is 17.8 Å². The quantitative estimate of drug-likeness (QED) is 0.453. The second-order valence-electron chi connectivity index (χ2n) is 12.8. The van der Waals surface area contributed by atoms with Crippen LogP contribution in [-0.2, 0) is 0 Å². The Kier molecular flexibility index (Phi) is 5.84. The summed E-state index contributed by atoms with van der Waals surface area (Å²) in [5.74, 6) is 1.69. The topological polar surface area (TPSA) is 108 Å². The molecule has 2 unspecified atom stereocenters. The van der Waals surface area contributed by atoms with Crippen LogP contribution in [-0.4, -0.2) is 56.5 Å². The first-order chi connectivity index (χ1) is 19.2. The van der Waals surface area contributed by atoms with E-state index in [1.54, 1.807) is 31.2 Å². The van der Waals surface area contributed by atoms with Gasteiger partial charge in [-0.25, -0.2) is 9.37 Å². The fourth-order valence-electron chi connectivity index (χ4n) is 8.10. The number of carbonyl (C=O) groups excluding carboxylic acids is 1.